The number of hydrogen-bond donors (Lipinski definition) is 4. The Labute approximate surface area is 179 Å². The summed E-state index contributed by atoms with van der Waals surface area (Å²) >= 11 is 7.21. The van der Waals surface area contributed by atoms with Gasteiger partial charge < -0.3 is 21.1 Å². The van der Waals surface area contributed by atoms with Gasteiger partial charge in [0, 0.05) is 23.7 Å². The molecule has 26 heavy (non-hydrogen) atoms. The molecule has 1 amide bonds. The summed E-state index contributed by atoms with van der Waals surface area (Å²) in [4.78, 5) is 16.9. The average molecular weight is 509 g/mol. The Morgan fingerprint density at radius 3 is 2.58 bits per heavy atom. The lowest BCUT2D eigenvalue weighted by atomic mass is 10.3. The third-order valence-corrected chi connectivity index (χ3v) is 4.50. The van der Waals surface area contributed by atoms with Gasteiger partial charge in [-0.2, -0.15) is 0 Å². The molecule has 0 aliphatic carbocycles. The van der Waals surface area contributed by atoms with E-state index in [1.54, 1.807) is 12.1 Å². The highest BCUT2D eigenvalue weighted by Gasteiger charge is 2.11. The third kappa shape index (κ3) is 7.90. The summed E-state index contributed by atoms with van der Waals surface area (Å²) in [5, 5.41) is 19.0. The molecule has 1 aromatic carbocycles. The zero-order valence-corrected chi connectivity index (χ0v) is 18.1. The van der Waals surface area contributed by atoms with Crippen molar-refractivity contribution in [3.05, 3.63) is 51.7 Å². The molecule has 0 saturated carbocycles. The molecule has 2 rings (SSSR count). The fourth-order valence-corrected chi connectivity index (χ4v) is 3.06. The van der Waals surface area contributed by atoms with Crippen molar-refractivity contribution in [2.45, 2.75) is 13.0 Å². The predicted molar refractivity (Wildman–Crippen MR) is 119 cm³/mol. The van der Waals surface area contributed by atoms with Crippen LogP contribution in [0.3, 0.4) is 0 Å². The van der Waals surface area contributed by atoms with Crippen LogP contribution in [0.5, 0.6) is 0 Å². The van der Waals surface area contributed by atoms with Crippen LogP contribution in [0.15, 0.2) is 47.5 Å². The van der Waals surface area contributed by atoms with E-state index in [4.69, 9.17) is 11.6 Å². The molecule has 1 heterocycles. The van der Waals surface area contributed by atoms with E-state index in [1.807, 2.05) is 37.3 Å². The second kappa shape index (κ2) is 12.1. The number of anilines is 1. The number of guanidine groups is 1. The van der Waals surface area contributed by atoms with E-state index in [2.05, 4.69) is 20.9 Å². The molecule has 0 radical (unpaired) electrons. The van der Waals surface area contributed by atoms with Gasteiger partial charge in [-0.05, 0) is 31.2 Å². The Balaban J connectivity index is 0.00000338. The lowest BCUT2D eigenvalue weighted by Crippen LogP contribution is -2.40. The molecule has 1 unspecified atom stereocenters. The second-order valence-electron chi connectivity index (χ2n) is 5.15. The smallest absolute Gasteiger partial charge is 0.246 e. The van der Waals surface area contributed by atoms with Crippen LogP contribution in [0.4, 0.5) is 5.69 Å². The van der Waals surface area contributed by atoms with Gasteiger partial charge in [0.15, 0.2) is 5.96 Å². The Morgan fingerprint density at radius 1 is 1.23 bits per heavy atom. The normalized spacial score (nSPS) is 12.0. The number of carbonyl (C=O) groups excluding carboxylic acids is 1. The number of nitrogens with zero attached hydrogens (tertiary/aromatic N) is 1. The van der Waals surface area contributed by atoms with E-state index in [0.717, 1.165) is 10.6 Å². The maximum atomic E-state index is 11.9. The predicted octanol–water partition coefficient (Wildman–Crippen LogP) is 3.25. The SMILES string of the molecule is CCNC(=NCC(=O)Nc1ccccc1)NCC(O)c1ccc(Cl)s1.I. The van der Waals surface area contributed by atoms with Crippen LogP contribution in [-0.2, 0) is 4.79 Å². The van der Waals surface area contributed by atoms with Crippen molar-refractivity contribution in [2.24, 2.45) is 4.99 Å². The number of nitrogens with one attached hydrogen (secondary N) is 3. The summed E-state index contributed by atoms with van der Waals surface area (Å²) in [6.45, 7) is 2.82. The van der Waals surface area contributed by atoms with Gasteiger partial charge in [-0.3, -0.25) is 4.79 Å². The number of carbonyl (C=O) groups is 1. The molecule has 0 aliphatic heterocycles. The molecule has 6 nitrogen and oxygen atoms in total. The van der Waals surface area contributed by atoms with E-state index in [-0.39, 0.29) is 43.0 Å². The van der Waals surface area contributed by atoms with Crippen molar-refractivity contribution in [2.75, 3.05) is 25.0 Å². The van der Waals surface area contributed by atoms with Crippen LogP contribution in [0.2, 0.25) is 4.34 Å². The number of aliphatic hydroxyl groups excluding tert-OH is 1. The second-order valence-corrected chi connectivity index (χ2v) is 6.89. The fourth-order valence-electron chi connectivity index (χ4n) is 2.02. The first-order valence-corrected chi connectivity index (χ1v) is 9.08. The van der Waals surface area contributed by atoms with Crippen molar-refractivity contribution in [1.82, 2.24) is 10.6 Å². The molecule has 0 fully saturated rings. The number of aliphatic hydroxyl groups is 1. The number of hydrogen-bond acceptors (Lipinski definition) is 4. The Kier molecular flexibility index (Phi) is 10.6. The largest absolute Gasteiger partial charge is 0.386 e. The summed E-state index contributed by atoms with van der Waals surface area (Å²) < 4.78 is 0.632. The number of rotatable bonds is 7. The number of thiophene rings is 1. The average Bonchev–Trinajstić information content (AvgIpc) is 3.04. The molecule has 0 spiro atoms. The van der Waals surface area contributed by atoms with Gasteiger partial charge in [0.2, 0.25) is 5.91 Å². The molecule has 1 atom stereocenters. The van der Waals surface area contributed by atoms with Crippen LogP contribution in [0, 0.1) is 0 Å². The molecule has 0 saturated heterocycles. The van der Waals surface area contributed by atoms with Crippen molar-refractivity contribution in [3.8, 4) is 0 Å². The molecule has 9 heteroatoms. The van der Waals surface area contributed by atoms with Crippen LogP contribution in [0.1, 0.15) is 17.9 Å². The van der Waals surface area contributed by atoms with E-state index in [0.29, 0.717) is 16.8 Å². The lowest BCUT2D eigenvalue weighted by molar-refractivity contribution is -0.114. The number of benzene rings is 1. The van der Waals surface area contributed by atoms with Crippen LogP contribution in [-0.4, -0.2) is 36.6 Å². The van der Waals surface area contributed by atoms with E-state index in [9.17, 15) is 9.90 Å². The highest BCUT2D eigenvalue weighted by atomic mass is 127. The third-order valence-electron chi connectivity index (χ3n) is 3.17. The molecule has 0 bridgehead atoms. The van der Waals surface area contributed by atoms with Gasteiger partial charge in [0.1, 0.15) is 12.6 Å². The van der Waals surface area contributed by atoms with Gasteiger partial charge in [0.25, 0.3) is 0 Å². The number of amides is 1. The summed E-state index contributed by atoms with van der Waals surface area (Å²) in [5.41, 5.74) is 0.727. The minimum atomic E-state index is -0.695. The van der Waals surface area contributed by atoms with E-state index in [1.165, 1.54) is 11.3 Å². The zero-order chi connectivity index (χ0) is 18.1. The van der Waals surface area contributed by atoms with E-state index < -0.39 is 6.10 Å². The highest BCUT2D eigenvalue weighted by molar-refractivity contribution is 14.0. The Morgan fingerprint density at radius 2 is 1.96 bits per heavy atom. The monoisotopic (exact) mass is 508 g/mol. The number of aliphatic imine (C=N–C) groups is 1. The summed E-state index contributed by atoms with van der Waals surface area (Å²) in [6, 6.07) is 12.7. The summed E-state index contributed by atoms with van der Waals surface area (Å²) in [5.74, 6) is 0.251. The summed E-state index contributed by atoms with van der Waals surface area (Å²) in [7, 11) is 0. The lowest BCUT2D eigenvalue weighted by Gasteiger charge is -2.14. The molecule has 142 valence electrons. The van der Waals surface area contributed by atoms with Crippen LogP contribution < -0.4 is 16.0 Å². The van der Waals surface area contributed by atoms with Gasteiger partial charge >= 0.3 is 0 Å². The molecule has 4 N–H and O–H groups in total. The van der Waals surface area contributed by atoms with Gasteiger partial charge in [0.05, 0.1) is 4.34 Å². The highest BCUT2D eigenvalue weighted by Crippen LogP contribution is 2.26. The fraction of sp³-hybridized carbons (Fsp3) is 0.294. The number of para-hydroxylation sites is 1. The maximum absolute atomic E-state index is 11.9. The minimum Gasteiger partial charge on any atom is -0.386 e. The molecule has 2 aromatic rings. The van der Waals surface area contributed by atoms with Crippen molar-refractivity contribution in [1.29, 1.82) is 0 Å². The topological polar surface area (TPSA) is 85.8 Å². The number of halogens is 2. The van der Waals surface area contributed by atoms with Gasteiger partial charge in [-0.15, -0.1) is 35.3 Å². The summed E-state index contributed by atoms with van der Waals surface area (Å²) in [6.07, 6.45) is -0.695. The first kappa shape index (κ1) is 22.7. The quantitative estimate of drug-likeness (QED) is 0.263. The van der Waals surface area contributed by atoms with E-state index >= 15 is 0 Å². The standard InChI is InChI=1S/C17H21ClN4O2S.HI/c1-2-19-17(20-10-13(23)14-8-9-15(18)25-14)21-11-16(24)22-12-6-4-3-5-7-12;/h3-9,13,23H,2,10-11H2,1H3,(H,22,24)(H2,19,20,21);1H. The first-order chi connectivity index (χ1) is 12.1. The van der Waals surface area contributed by atoms with Gasteiger partial charge in [-0.1, -0.05) is 29.8 Å². The Hall–Kier alpha value is -1.36. The van der Waals surface area contributed by atoms with Crippen molar-refractivity contribution in [3.63, 3.8) is 0 Å². The maximum Gasteiger partial charge on any atom is 0.246 e. The van der Waals surface area contributed by atoms with Crippen LogP contribution >= 0.6 is 46.9 Å². The molecule has 0 aliphatic rings. The van der Waals surface area contributed by atoms with Crippen molar-refractivity contribution >= 4 is 64.5 Å². The van der Waals surface area contributed by atoms with Crippen LogP contribution in [0.25, 0.3) is 0 Å². The van der Waals surface area contributed by atoms with Gasteiger partial charge in [-0.25, -0.2) is 4.99 Å². The molecular formula is C17H22ClIN4O2S. The first-order valence-electron chi connectivity index (χ1n) is 7.89. The Bertz CT molecular complexity index is 712. The molecular weight excluding hydrogens is 487 g/mol. The van der Waals surface area contributed by atoms with Crippen molar-refractivity contribution < 1.29 is 9.90 Å². The zero-order valence-electron chi connectivity index (χ0n) is 14.2. The minimum absolute atomic E-state index is 0. The molecule has 1 aromatic heterocycles.